The Labute approximate surface area is 175 Å². The Morgan fingerprint density at radius 1 is 1.18 bits per heavy atom. The summed E-state index contributed by atoms with van der Waals surface area (Å²) in [5, 5.41) is 2.58. The molecular formula is C20H23ClN2O3S2. The molecule has 0 bridgehead atoms. The van der Waals surface area contributed by atoms with E-state index >= 15 is 0 Å². The van der Waals surface area contributed by atoms with Crippen LogP contribution in [0.2, 0.25) is 5.02 Å². The first-order valence-corrected chi connectivity index (χ1v) is 12.2. The van der Waals surface area contributed by atoms with Gasteiger partial charge in [0, 0.05) is 29.5 Å². The third kappa shape index (κ3) is 3.61. The van der Waals surface area contributed by atoms with Gasteiger partial charge >= 0.3 is 0 Å². The van der Waals surface area contributed by atoms with E-state index in [-0.39, 0.29) is 29.3 Å². The first-order chi connectivity index (χ1) is 13.4. The van der Waals surface area contributed by atoms with Gasteiger partial charge in [-0.1, -0.05) is 11.6 Å². The zero-order valence-corrected chi connectivity index (χ0v) is 18.1. The molecule has 5 nitrogen and oxygen atoms in total. The van der Waals surface area contributed by atoms with Crippen molar-refractivity contribution in [3.05, 3.63) is 51.2 Å². The normalized spacial score (nSPS) is 23.4. The van der Waals surface area contributed by atoms with Gasteiger partial charge in [0.1, 0.15) is 0 Å². The van der Waals surface area contributed by atoms with Gasteiger partial charge in [-0.25, -0.2) is 8.42 Å². The minimum absolute atomic E-state index is 0.0470. The smallest absolute Gasteiger partial charge is 0.243 e. The summed E-state index contributed by atoms with van der Waals surface area (Å²) in [7, 11) is -3.62. The molecule has 1 aromatic carbocycles. The highest BCUT2D eigenvalue weighted by Crippen LogP contribution is 2.35. The zero-order valence-electron chi connectivity index (χ0n) is 15.7. The molecule has 0 saturated carbocycles. The van der Waals surface area contributed by atoms with Crippen LogP contribution >= 0.6 is 22.9 Å². The molecule has 2 aliphatic heterocycles. The van der Waals surface area contributed by atoms with Gasteiger partial charge in [0.25, 0.3) is 0 Å². The van der Waals surface area contributed by atoms with Crippen LogP contribution in [0.15, 0.2) is 40.6 Å². The van der Waals surface area contributed by atoms with Crippen molar-refractivity contribution in [2.75, 3.05) is 19.6 Å². The molecule has 8 heteroatoms. The molecule has 4 rings (SSSR count). The fourth-order valence-corrected chi connectivity index (χ4v) is 6.78. The van der Waals surface area contributed by atoms with Crippen LogP contribution in [0.5, 0.6) is 0 Å². The van der Waals surface area contributed by atoms with Crippen molar-refractivity contribution in [1.29, 1.82) is 0 Å². The van der Waals surface area contributed by atoms with Gasteiger partial charge in [0.05, 0.1) is 16.9 Å². The van der Waals surface area contributed by atoms with E-state index in [4.69, 9.17) is 11.6 Å². The van der Waals surface area contributed by atoms with Gasteiger partial charge in [-0.3, -0.25) is 4.79 Å². The second-order valence-corrected chi connectivity index (χ2v) is 10.8. The molecule has 1 fully saturated rings. The average molecular weight is 439 g/mol. The van der Waals surface area contributed by atoms with Crippen LogP contribution in [0.4, 0.5) is 0 Å². The standard InChI is InChI=1S/C20H23ClN2O3S2/c1-14-18-9-12-27-19(18)8-11-23(14)20(24)15-3-2-10-22(13-15)28(25,26)17-6-4-16(21)5-7-17/h4-7,9,12,14-15H,2-3,8,10-11,13H2,1H3. The van der Waals surface area contributed by atoms with Crippen molar-refractivity contribution in [1.82, 2.24) is 9.21 Å². The Morgan fingerprint density at radius 2 is 1.93 bits per heavy atom. The van der Waals surface area contributed by atoms with E-state index in [2.05, 4.69) is 18.4 Å². The van der Waals surface area contributed by atoms with Crippen molar-refractivity contribution in [3.63, 3.8) is 0 Å². The van der Waals surface area contributed by atoms with Crippen molar-refractivity contribution in [2.45, 2.75) is 37.1 Å². The minimum atomic E-state index is -3.62. The molecule has 150 valence electrons. The maximum Gasteiger partial charge on any atom is 0.243 e. The molecule has 1 aromatic heterocycles. The highest BCUT2D eigenvalue weighted by molar-refractivity contribution is 7.89. The highest BCUT2D eigenvalue weighted by atomic mass is 35.5. The third-order valence-electron chi connectivity index (χ3n) is 5.75. The van der Waals surface area contributed by atoms with E-state index in [1.54, 1.807) is 23.5 Å². The van der Waals surface area contributed by atoms with E-state index in [0.717, 1.165) is 12.8 Å². The second kappa shape index (κ2) is 7.78. The van der Waals surface area contributed by atoms with Crippen molar-refractivity contribution >= 4 is 38.9 Å². The molecule has 0 aliphatic carbocycles. The summed E-state index contributed by atoms with van der Waals surface area (Å²) >= 11 is 7.63. The molecule has 2 aliphatic rings. The van der Waals surface area contributed by atoms with Crippen LogP contribution in [-0.2, 0) is 21.2 Å². The predicted octanol–water partition coefficient (Wildman–Crippen LogP) is 3.95. The van der Waals surface area contributed by atoms with Crippen LogP contribution in [0.25, 0.3) is 0 Å². The summed E-state index contributed by atoms with van der Waals surface area (Å²) in [6, 6.07) is 8.35. The quantitative estimate of drug-likeness (QED) is 0.729. The van der Waals surface area contributed by atoms with E-state index in [0.29, 0.717) is 24.5 Å². The highest BCUT2D eigenvalue weighted by Gasteiger charge is 2.37. The first kappa shape index (κ1) is 19.9. The third-order valence-corrected chi connectivity index (χ3v) is 8.87. The molecule has 0 radical (unpaired) electrons. The monoisotopic (exact) mass is 438 g/mol. The van der Waals surface area contributed by atoms with E-state index in [1.165, 1.54) is 26.9 Å². The maximum absolute atomic E-state index is 13.2. The average Bonchev–Trinajstić information content (AvgIpc) is 3.18. The van der Waals surface area contributed by atoms with Gasteiger partial charge < -0.3 is 4.90 Å². The Kier molecular flexibility index (Phi) is 5.53. The Balaban J connectivity index is 1.51. The Bertz CT molecular complexity index is 972. The molecular weight excluding hydrogens is 416 g/mol. The van der Waals surface area contributed by atoms with E-state index < -0.39 is 10.0 Å². The summed E-state index contributed by atoms with van der Waals surface area (Å²) in [4.78, 5) is 16.7. The van der Waals surface area contributed by atoms with Crippen LogP contribution < -0.4 is 0 Å². The lowest BCUT2D eigenvalue weighted by atomic mass is 9.94. The molecule has 2 unspecified atom stereocenters. The minimum Gasteiger partial charge on any atom is -0.335 e. The second-order valence-electron chi connectivity index (χ2n) is 7.41. The van der Waals surface area contributed by atoms with Crippen LogP contribution in [0.1, 0.15) is 36.2 Å². The summed E-state index contributed by atoms with van der Waals surface area (Å²) in [6.45, 7) is 3.45. The number of fused-ring (bicyclic) bond motifs is 1. The van der Waals surface area contributed by atoms with Crippen molar-refractivity contribution in [3.8, 4) is 0 Å². The van der Waals surface area contributed by atoms with E-state index in [1.807, 2.05) is 4.90 Å². The molecule has 1 amide bonds. The number of sulfonamides is 1. The maximum atomic E-state index is 13.2. The number of benzene rings is 1. The lowest BCUT2D eigenvalue weighted by Gasteiger charge is -2.39. The van der Waals surface area contributed by atoms with Gasteiger partial charge in [-0.15, -0.1) is 11.3 Å². The number of hydrogen-bond acceptors (Lipinski definition) is 4. The number of hydrogen-bond donors (Lipinski definition) is 0. The first-order valence-electron chi connectivity index (χ1n) is 9.50. The molecule has 0 N–H and O–H groups in total. The Morgan fingerprint density at radius 3 is 2.68 bits per heavy atom. The number of amides is 1. The number of piperidine rings is 1. The summed E-state index contributed by atoms with van der Waals surface area (Å²) in [6.07, 6.45) is 2.29. The fraction of sp³-hybridized carbons (Fsp3) is 0.450. The van der Waals surface area contributed by atoms with E-state index in [9.17, 15) is 13.2 Å². The molecule has 0 spiro atoms. The SMILES string of the molecule is CC1c2ccsc2CCN1C(=O)C1CCCN(S(=O)(=O)c2ccc(Cl)cc2)C1. The van der Waals surface area contributed by atoms with Gasteiger partial charge in [-0.2, -0.15) is 4.31 Å². The lowest BCUT2D eigenvalue weighted by Crippen LogP contribution is -2.48. The number of nitrogens with zero attached hydrogens (tertiary/aromatic N) is 2. The summed E-state index contributed by atoms with van der Waals surface area (Å²) in [5.41, 5.74) is 1.23. The van der Waals surface area contributed by atoms with Crippen molar-refractivity contribution in [2.24, 2.45) is 5.92 Å². The fourth-order valence-electron chi connectivity index (χ4n) is 4.16. The topological polar surface area (TPSA) is 57.7 Å². The van der Waals surface area contributed by atoms with Crippen LogP contribution in [0.3, 0.4) is 0 Å². The molecule has 28 heavy (non-hydrogen) atoms. The molecule has 2 atom stereocenters. The van der Waals surface area contributed by atoms with Crippen molar-refractivity contribution < 1.29 is 13.2 Å². The lowest BCUT2D eigenvalue weighted by molar-refractivity contribution is -0.139. The van der Waals surface area contributed by atoms with Gasteiger partial charge in [0.2, 0.25) is 15.9 Å². The number of carbonyl (C=O) groups excluding carboxylic acids is 1. The summed E-state index contributed by atoms with van der Waals surface area (Å²) < 4.78 is 27.4. The number of rotatable bonds is 3. The number of thiophene rings is 1. The largest absolute Gasteiger partial charge is 0.335 e. The molecule has 1 saturated heterocycles. The van der Waals surface area contributed by atoms with Crippen LogP contribution in [-0.4, -0.2) is 43.2 Å². The molecule has 3 heterocycles. The van der Waals surface area contributed by atoms with Gasteiger partial charge in [-0.05, 0) is 67.5 Å². The van der Waals surface area contributed by atoms with Crippen LogP contribution in [0, 0.1) is 5.92 Å². The summed E-state index contributed by atoms with van der Waals surface area (Å²) in [5.74, 6) is -0.223. The number of carbonyl (C=O) groups is 1. The number of halogens is 1. The predicted molar refractivity (Wildman–Crippen MR) is 111 cm³/mol. The van der Waals surface area contributed by atoms with Gasteiger partial charge in [0.15, 0.2) is 0 Å². The Hall–Kier alpha value is -1.41. The zero-order chi connectivity index (χ0) is 19.9. The molecule has 2 aromatic rings.